The quantitative estimate of drug-likeness (QED) is 0.816. The molecule has 2 unspecified atom stereocenters. The minimum absolute atomic E-state index is 0. The lowest BCUT2D eigenvalue weighted by Gasteiger charge is -1.95. The fourth-order valence-electron chi connectivity index (χ4n) is 1.09. The molecule has 17 heavy (non-hydrogen) atoms. The van der Waals surface area contributed by atoms with Gasteiger partial charge in [0.2, 0.25) is 0 Å². The zero-order valence-electron chi connectivity index (χ0n) is 9.04. The third-order valence-corrected chi connectivity index (χ3v) is 2.17. The van der Waals surface area contributed by atoms with Crippen LogP contribution in [0.4, 0.5) is 0 Å². The van der Waals surface area contributed by atoms with Gasteiger partial charge in [-0.15, -0.1) is 0 Å². The van der Waals surface area contributed by atoms with E-state index in [0.29, 0.717) is 18.0 Å². The van der Waals surface area contributed by atoms with E-state index in [2.05, 4.69) is 0 Å². The summed E-state index contributed by atoms with van der Waals surface area (Å²) >= 11 is 0. The maximum atomic E-state index is 8.63. The summed E-state index contributed by atoms with van der Waals surface area (Å²) in [5.74, 6) is 0.322. The monoisotopic (exact) mass is 240 g/mol. The van der Waals surface area contributed by atoms with Gasteiger partial charge in [-0.1, -0.05) is 25.6 Å². The molecule has 2 saturated heterocycles. The second kappa shape index (κ2) is 7.27. The first-order valence-electron chi connectivity index (χ1n) is 5.39. The average molecular weight is 240 g/mol. The van der Waals surface area contributed by atoms with Crippen LogP contribution in [0.15, 0.2) is 30.3 Å². The second-order valence-corrected chi connectivity index (χ2v) is 3.78. The largest absolute Gasteiger partial charge is 0.508 e. The number of ether oxygens (including phenoxy) is 3. The van der Waals surface area contributed by atoms with Crippen LogP contribution in [0.25, 0.3) is 0 Å². The molecule has 1 N–H and O–H groups in total. The minimum Gasteiger partial charge on any atom is -0.508 e. The van der Waals surface area contributed by atoms with E-state index in [1.807, 2.05) is 6.07 Å². The molecule has 0 spiro atoms. The molecule has 0 saturated carbocycles. The van der Waals surface area contributed by atoms with Crippen LogP contribution >= 0.6 is 0 Å². The zero-order chi connectivity index (χ0) is 11.2. The number of hydrogen-bond acceptors (Lipinski definition) is 4. The third-order valence-electron chi connectivity index (χ3n) is 2.17. The number of phenols is 1. The number of hydrogen-bond donors (Lipinski definition) is 1. The highest BCUT2D eigenvalue weighted by Crippen LogP contribution is 2.12. The van der Waals surface area contributed by atoms with Crippen molar-refractivity contribution in [2.75, 3.05) is 26.4 Å². The SMILES string of the molecule is C.C(OCC1CO1)C1CO1.Oc1ccccc1. The summed E-state index contributed by atoms with van der Waals surface area (Å²) in [6.45, 7) is 3.26. The Morgan fingerprint density at radius 2 is 1.53 bits per heavy atom. The van der Waals surface area contributed by atoms with Crippen LogP contribution in [0.3, 0.4) is 0 Å². The Morgan fingerprint density at radius 3 is 1.82 bits per heavy atom. The predicted octanol–water partition coefficient (Wildman–Crippen LogP) is 1.83. The molecule has 4 heteroatoms. The smallest absolute Gasteiger partial charge is 0.115 e. The normalized spacial score (nSPS) is 24.0. The van der Waals surface area contributed by atoms with Crippen molar-refractivity contribution in [1.29, 1.82) is 0 Å². The lowest BCUT2D eigenvalue weighted by atomic mass is 10.3. The molecule has 0 aromatic heterocycles. The van der Waals surface area contributed by atoms with Gasteiger partial charge in [0.05, 0.1) is 26.4 Å². The lowest BCUT2D eigenvalue weighted by molar-refractivity contribution is 0.102. The molecular weight excluding hydrogens is 220 g/mol. The molecule has 4 nitrogen and oxygen atoms in total. The molecule has 2 aliphatic heterocycles. The van der Waals surface area contributed by atoms with Gasteiger partial charge in [0.25, 0.3) is 0 Å². The van der Waals surface area contributed by atoms with Crippen molar-refractivity contribution in [2.24, 2.45) is 0 Å². The molecule has 1 aromatic carbocycles. The Hall–Kier alpha value is -1.10. The Labute approximate surface area is 102 Å². The van der Waals surface area contributed by atoms with E-state index in [0.717, 1.165) is 26.4 Å². The first-order chi connectivity index (χ1) is 7.84. The van der Waals surface area contributed by atoms with Crippen LogP contribution in [0.2, 0.25) is 0 Å². The summed E-state index contributed by atoms with van der Waals surface area (Å²) in [4.78, 5) is 0. The van der Waals surface area contributed by atoms with Gasteiger partial charge in [0, 0.05) is 0 Å². The van der Waals surface area contributed by atoms with Crippen LogP contribution < -0.4 is 0 Å². The van der Waals surface area contributed by atoms with Gasteiger partial charge in [-0.25, -0.2) is 0 Å². The maximum absolute atomic E-state index is 8.63. The van der Waals surface area contributed by atoms with E-state index < -0.39 is 0 Å². The number of aromatic hydroxyl groups is 1. The van der Waals surface area contributed by atoms with Crippen LogP contribution in [-0.2, 0) is 14.2 Å². The van der Waals surface area contributed by atoms with Crippen molar-refractivity contribution in [2.45, 2.75) is 19.6 Å². The molecule has 0 bridgehead atoms. The molecule has 0 aliphatic carbocycles. The van der Waals surface area contributed by atoms with Crippen LogP contribution in [-0.4, -0.2) is 43.7 Å². The number of epoxide rings is 2. The maximum Gasteiger partial charge on any atom is 0.115 e. The van der Waals surface area contributed by atoms with Gasteiger partial charge >= 0.3 is 0 Å². The first kappa shape index (κ1) is 14.0. The third kappa shape index (κ3) is 6.94. The summed E-state index contributed by atoms with van der Waals surface area (Å²) in [7, 11) is 0. The minimum atomic E-state index is 0. The Kier molecular flexibility index (Phi) is 5.97. The van der Waals surface area contributed by atoms with E-state index in [-0.39, 0.29) is 7.43 Å². The molecule has 96 valence electrons. The van der Waals surface area contributed by atoms with Crippen molar-refractivity contribution in [3.63, 3.8) is 0 Å². The van der Waals surface area contributed by atoms with Crippen molar-refractivity contribution >= 4 is 0 Å². The highest BCUT2D eigenvalue weighted by Gasteiger charge is 2.26. The molecule has 0 radical (unpaired) electrons. The molecule has 1 aromatic rings. The zero-order valence-corrected chi connectivity index (χ0v) is 9.04. The molecule has 3 rings (SSSR count). The van der Waals surface area contributed by atoms with Gasteiger partial charge in [-0.2, -0.15) is 0 Å². The fraction of sp³-hybridized carbons (Fsp3) is 0.538. The predicted molar refractivity (Wildman–Crippen MR) is 65.1 cm³/mol. The van der Waals surface area contributed by atoms with Crippen LogP contribution in [0, 0.1) is 0 Å². The Morgan fingerprint density at radius 1 is 1.06 bits per heavy atom. The van der Waals surface area contributed by atoms with Gasteiger partial charge in [0.1, 0.15) is 18.0 Å². The summed E-state index contributed by atoms with van der Waals surface area (Å²) in [6, 6.07) is 8.71. The van der Waals surface area contributed by atoms with E-state index in [9.17, 15) is 0 Å². The van der Waals surface area contributed by atoms with Gasteiger partial charge < -0.3 is 19.3 Å². The molecular formula is C13H20O4. The number of rotatable bonds is 4. The Balaban J connectivity index is 0.000000166. The molecule has 2 heterocycles. The van der Waals surface area contributed by atoms with E-state index in [1.54, 1.807) is 24.3 Å². The van der Waals surface area contributed by atoms with Crippen LogP contribution in [0.1, 0.15) is 7.43 Å². The molecule has 2 fully saturated rings. The van der Waals surface area contributed by atoms with Crippen molar-refractivity contribution in [3.8, 4) is 5.75 Å². The van der Waals surface area contributed by atoms with Crippen molar-refractivity contribution in [1.82, 2.24) is 0 Å². The Bertz CT molecular complexity index is 282. The van der Waals surface area contributed by atoms with Gasteiger partial charge in [0.15, 0.2) is 0 Å². The molecule has 0 amide bonds. The summed E-state index contributed by atoms with van der Waals surface area (Å²) < 4.78 is 15.1. The first-order valence-corrected chi connectivity index (χ1v) is 5.39. The summed E-state index contributed by atoms with van der Waals surface area (Å²) in [6.07, 6.45) is 0.785. The van der Waals surface area contributed by atoms with Crippen molar-refractivity contribution in [3.05, 3.63) is 30.3 Å². The highest BCUT2D eigenvalue weighted by atomic mass is 16.6. The summed E-state index contributed by atoms with van der Waals surface area (Å²) in [5, 5.41) is 8.63. The highest BCUT2D eigenvalue weighted by molar-refractivity contribution is 5.18. The average Bonchev–Trinajstić information content (AvgIpc) is 3.14. The molecule has 2 aliphatic rings. The lowest BCUT2D eigenvalue weighted by Crippen LogP contribution is -2.06. The van der Waals surface area contributed by atoms with E-state index >= 15 is 0 Å². The van der Waals surface area contributed by atoms with E-state index in [1.165, 1.54) is 0 Å². The molecule has 2 atom stereocenters. The standard InChI is InChI=1S/C6H10O3.C6H6O.CH4/c1(5-3-8-5)7-2-6-4-9-6;7-6-4-2-1-3-5-6;/h5-6H,1-4H2;1-5,7H;1H4. The van der Waals surface area contributed by atoms with Crippen molar-refractivity contribution < 1.29 is 19.3 Å². The fourth-order valence-corrected chi connectivity index (χ4v) is 1.09. The topological polar surface area (TPSA) is 54.5 Å². The van der Waals surface area contributed by atoms with Crippen LogP contribution in [0.5, 0.6) is 5.75 Å². The number of benzene rings is 1. The second-order valence-electron chi connectivity index (χ2n) is 3.78. The van der Waals surface area contributed by atoms with E-state index in [4.69, 9.17) is 19.3 Å². The number of para-hydroxylation sites is 1. The van der Waals surface area contributed by atoms with Gasteiger partial charge in [-0.05, 0) is 12.1 Å². The van der Waals surface area contributed by atoms with Gasteiger partial charge in [-0.3, -0.25) is 0 Å². The number of phenolic OH excluding ortho intramolecular Hbond substituents is 1. The summed E-state index contributed by atoms with van der Waals surface area (Å²) in [5.41, 5.74) is 0.